The molecule has 1 aliphatic carbocycles. The van der Waals surface area contributed by atoms with Crippen molar-refractivity contribution in [1.29, 1.82) is 5.26 Å². The van der Waals surface area contributed by atoms with Crippen molar-refractivity contribution in [3.63, 3.8) is 0 Å². The molecule has 0 amide bonds. The van der Waals surface area contributed by atoms with E-state index in [1.807, 2.05) is 24.3 Å². The third-order valence-electron chi connectivity index (χ3n) is 2.66. The first-order valence-corrected chi connectivity index (χ1v) is 5.23. The Hall–Kier alpha value is -1.53. The Bertz CT molecular complexity index is 362. The Labute approximate surface area is 89.6 Å². The lowest BCUT2D eigenvalue weighted by atomic mass is 10.2. The highest BCUT2D eigenvalue weighted by Gasteiger charge is 2.28. The first-order valence-electron chi connectivity index (χ1n) is 5.23. The van der Waals surface area contributed by atoms with Crippen LogP contribution < -0.4 is 4.90 Å². The van der Waals surface area contributed by atoms with Gasteiger partial charge in [0.05, 0.1) is 18.2 Å². The molecule has 1 fully saturated rings. The number of nitriles is 1. The minimum Gasteiger partial charge on any atom is -0.395 e. The van der Waals surface area contributed by atoms with Crippen LogP contribution in [0.25, 0.3) is 0 Å². The van der Waals surface area contributed by atoms with E-state index < -0.39 is 0 Å². The lowest BCUT2D eigenvalue weighted by Gasteiger charge is -2.23. The molecule has 0 aromatic heterocycles. The Kier molecular flexibility index (Phi) is 2.89. The molecule has 0 heterocycles. The van der Waals surface area contributed by atoms with E-state index in [0.717, 1.165) is 5.69 Å². The Morgan fingerprint density at radius 3 is 2.47 bits per heavy atom. The van der Waals surface area contributed by atoms with Crippen molar-refractivity contribution in [2.24, 2.45) is 0 Å². The molecule has 1 aromatic carbocycles. The number of hydrogen-bond donors (Lipinski definition) is 1. The van der Waals surface area contributed by atoms with Crippen LogP contribution in [0.1, 0.15) is 18.4 Å². The van der Waals surface area contributed by atoms with Gasteiger partial charge in [-0.3, -0.25) is 0 Å². The zero-order chi connectivity index (χ0) is 10.7. The zero-order valence-corrected chi connectivity index (χ0v) is 8.56. The van der Waals surface area contributed by atoms with Gasteiger partial charge >= 0.3 is 0 Å². The molecular weight excluding hydrogens is 188 g/mol. The fourth-order valence-corrected chi connectivity index (χ4v) is 1.74. The normalized spacial score (nSPS) is 14.7. The summed E-state index contributed by atoms with van der Waals surface area (Å²) in [7, 11) is 0. The van der Waals surface area contributed by atoms with Crippen molar-refractivity contribution in [1.82, 2.24) is 0 Å². The highest BCUT2D eigenvalue weighted by molar-refractivity contribution is 5.51. The van der Waals surface area contributed by atoms with Crippen molar-refractivity contribution >= 4 is 5.69 Å². The van der Waals surface area contributed by atoms with E-state index in [1.165, 1.54) is 12.8 Å². The van der Waals surface area contributed by atoms with Crippen molar-refractivity contribution in [2.75, 3.05) is 18.1 Å². The van der Waals surface area contributed by atoms with Crippen LogP contribution in [0, 0.1) is 11.3 Å². The van der Waals surface area contributed by atoms with E-state index in [1.54, 1.807) is 0 Å². The van der Waals surface area contributed by atoms with Crippen LogP contribution in [0.15, 0.2) is 24.3 Å². The molecular formula is C12H14N2O. The summed E-state index contributed by atoms with van der Waals surface area (Å²) in [6.07, 6.45) is 2.42. The maximum absolute atomic E-state index is 8.98. The van der Waals surface area contributed by atoms with Crippen LogP contribution in [-0.2, 0) is 0 Å². The third-order valence-corrected chi connectivity index (χ3v) is 2.66. The van der Waals surface area contributed by atoms with Gasteiger partial charge in [-0.1, -0.05) is 0 Å². The lowest BCUT2D eigenvalue weighted by molar-refractivity contribution is 0.301. The summed E-state index contributed by atoms with van der Waals surface area (Å²) in [6.45, 7) is 0.854. The average molecular weight is 202 g/mol. The van der Waals surface area contributed by atoms with Crippen molar-refractivity contribution in [3.8, 4) is 6.07 Å². The number of aliphatic hydroxyl groups is 1. The molecule has 0 atom stereocenters. The number of rotatable bonds is 4. The summed E-state index contributed by atoms with van der Waals surface area (Å²) in [5, 5.41) is 17.7. The molecule has 2 rings (SSSR count). The molecule has 78 valence electrons. The molecule has 0 spiro atoms. The first-order chi connectivity index (χ1) is 7.35. The summed E-state index contributed by atoms with van der Waals surface area (Å²) in [4.78, 5) is 2.21. The highest BCUT2D eigenvalue weighted by Crippen LogP contribution is 2.31. The fraction of sp³-hybridized carbons (Fsp3) is 0.417. The van der Waals surface area contributed by atoms with E-state index in [4.69, 9.17) is 10.4 Å². The van der Waals surface area contributed by atoms with Crippen LogP contribution in [0.5, 0.6) is 0 Å². The predicted molar refractivity (Wildman–Crippen MR) is 58.6 cm³/mol. The molecule has 1 N–H and O–H groups in total. The van der Waals surface area contributed by atoms with Crippen molar-refractivity contribution in [3.05, 3.63) is 29.8 Å². The van der Waals surface area contributed by atoms with Crippen LogP contribution in [0.3, 0.4) is 0 Å². The van der Waals surface area contributed by atoms with E-state index in [-0.39, 0.29) is 6.61 Å². The van der Waals surface area contributed by atoms with Gasteiger partial charge in [-0.15, -0.1) is 0 Å². The van der Waals surface area contributed by atoms with Gasteiger partial charge in [0.15, 0.2) is 0 Å². The predicted octanol–water partition coefficient (Wildman–Crippen LogP) is 1.52. The topological polar surface area (TPSA) is 47.3 Å². The van der Waals surface area contributed by atoms with Crippen LogP contribution >= 0.6 is 0 Å². The molecule has 0 radical (unpaired) electrons. The summed E-state index contributed by atoms with van der Waals surface area (Å²) in [5.41, 5.74) is 1.78. The molecule has 0 aliphatic heterocycles. The largest absolute Gasteiger partial charge is 0.395 e. The van der Waals surface area contributed by atoms with Crippen LogP contribution in [0.4, 0.5) is 5.69 Å². The van der Waals surface area contributed by atoms with Gasteiger partial charge in [-0.25, -0.2) is 0 Å². The van der Waals surface area contributed by atoms with Crippen molar-refractivity contribution in [2.45, 2.75) is 18.9 Å². The Morgan fingerprint density at radius 2 is 2.00 bits per heavy atom. The molecule has 1 aliphatic rings. The SMILES string of the molecule is N#Cc1ccc(N(CCO)C2CC2)cc1. The second-order valence-electron chi connectivity index (χ2n) is 3.81. The first kappa shape index (κ1) is 10.0. The maximum atomic E-state index is 8.98. The number of aliphatic hydroxyl groups excluding tert-OH is 1. The van der Waals surface area contributed by atoms with Gasteiger partial charge < -0.3 is 10.0 Å². The molecule has 3 heteroatoms. The molecule has 3 nitrogen and oxygen atoms in total. The zero-order valence-electron chi connectivity index (χ0n) is 8.56. The summed E-state index contributed by atoms with van der Waals surface area (Å²) >= 11 is 0. The van der Waals surface area contributed by atoms with Crippen LogP contribution in [-0.4, -0.2) is 24.3 Å². The monoisotopic (exact) mass is 202 g/mol. The van der Waals surface area contributed by atoms with Crippen LogP contribution in [0.2, 0.25) is 0 Å². The fourth-order valence-electron chi connectivity index (χ4n) is 1.74. The summed E-state index contributed by atoms with van der Waals surface area (Å²) in [5.74, 6) is 0. The van der Waals surface area contributed by atoms with E-state index in [9.17, 15) is 0 Å². The van der Waals surface area contributed by atoms with Gasteiger partial charge in [0.1, 0.15) is 0 Å². The summed E-state index contributed by atoms with van der Waals surface area (Å²) in [6, 6.07) is 10.2. The Morgan fingerprint density at radius 1 is 1.33 bits per heavy atom. The number of benzene rings is 1. The summed E-state index contributed by atoms with van der Waals surface area (Å²) < 4.78 is 0. The van der Waals surface area contributed by atoms with Crippen molar-refractivity contribution < 1.29 is 5.11 Å². The van der Waals surface area contributed by atoms with Gasteiger partial charge in [0.2, 0.25) is 0 Å². The second-order valence-corrected chi connectivity index (χ2v) is 3.81. The van der Waals surface area contributed by atoms with Gasteiger partial charge in [0.25, 0.3) is 0 Å². The standard InChI is InChI=1S/C12H14N2O/c13-9-10-1-3-11(4-2-10)14(7-8-15)12-5-6-12/h1-4,12,15H,5-8H2. The lowest BCUT2D eigenvalue weighted by Crippen LogP contribution is -2.28. The quantitative estimate of drug-likeness (QED) is 0.805. The molecule has 0 bridgehead atoms. The van der Waals surface area contributed by atoms with Gasteiger partial charge in [-0.05, 0) is 37.1 Å². The van der Waals surface area contributed by atoms with E-state index in [0.29, 0.717) is 18.2 Å². The maximum Gasteiger partial charge on any atom is 0.0991 e. The number of hydrogen-bond acceptors (Lipinski definition) is 3. The molecule has 1 saturated carbocycles. The number of nitrogens with zero attached hydrogens (tertiary/aromatic N) is 2. The smallest absolute Gasteiger partial charge is 0.0991 e. The minimum atomic E-state index is 0.177. The van der Waals surface area contributed by atoms with Gasteiger partial charge in [-0.2, -0.15) is 5.26 Å². The molecule has 1 aromatic rings. The van der Waals surface area contributed by atoms with E-state index in [2.05, 4.69) is 11.0 Å². The number of anilines is 1. The Balaban J connectivity index is 2.15. The minimum absolute atomic E-state index is 0.177. The molecule has 0 saturated heterocycles. The highest BCUT2D eigenvalue weighted by atomic mass is 16.3. The third kappa shape index (κ3) is 2.28. The average Bonchev–Trinajstić information content (AvgIpc) is 3.10. The van der Waals surface area contributed by atoms with Gasteiger partial charge in [0, 0.05) is 18.3 Å². The van der Waals surface area contributed by atoms with E-state index >= 15 is 0 Å². The molecule has 0 unspecified atom stereocenters. The molecule has 15 heavy (non-hydrogen) atoms. The second kappa shape index (κ2) is 4.33.